The molecule has 3 aromatic rings. The van der Waals surface area contributed by atoms with E-state index in [0.717, 1.165) is 15.6 Å². The quantitative estimate of drug-likeness (QED) is 0.425. The monoisotopic (exact) mass is 446 g/mol. The highest BCUT2D eigenvalue weighted by Gasteiger charge is 2.44. The number of halogens is 1. The number of rotatable bonds is 5. The molecule has 160 valence electrons. The van der Waals surface area contributed by atoms with Gasteiger partial charge in [0.2, 0.25) is 0 Å². The van der Waals surface area contributed by atoms with Gasteiger partial charge in [-0.05, 0) is 50.2 Å². The van der Waals surface area contributed by atoms with E-state index >= 15 is 0 Å². The summed E-state index contributed by atoms with van der Waals surface area (Å²) in [4.78, 5) is 53.0. The van der Waals surface area contributed by atoms with Crippen LogP contribution in [0.25, 0.3) is 0 Å². The molecule has 0 saturated heterocycles. The average Bonchev–Trinajstić information content (AvgIpc) is 3.05. The summed E-state index contributed by atoms with van der Waals surface area (Å²) in [6.07, 6.45) is 0. The molecule has 0 aliphatic carbocycles. The van der Waals surface area contributed by atoms with Gasteiger partial charge in [0, 0.05) is 16.1 Å². The molecule has 0 saturated carbocycles. The maximum Gasteiger partial charge on any atom is 0.280 e. The fraction of sp³-hybridized carbons (Fsp3) is 0.120. The van der Waals surface area contributed by atoms with E-state index in [2.05, 4.69) is 0 Å². The van der Waals surface area contributed by atoms with E-state index in [4.69, 9.17) is 11.6 Å². The van der Waals surface area contributed by atoms with Crippen molar-refractivity contribution in [1.29, 1.82) is 0 Å². The van der Waals surface area contributed by atoms with Crippen LogP contribution in [0, 0.1) is 6.92 Å². The predicted molar refractivity (Wildman–Crippen MR) is 120 cm³/mol. The first kappa shape index (κ1) is 21.5. The molecule has 1 aliphatic rings. The van der Waals surface area contributed by atoms with Crippen molar-refractivity contribution in [3.05, 3.63) is 106 Å². The lowest BCUT2D eigenvalue weighted by molar-refractivity contribution is -0.00680. The Balaban J connectivity index is 1.78. The number of carbonyl (C=O) groups is 4. The zero-order chi connectivity index (χ0) is 23.0. The molecule has 0 spiro atoms. The molecule has 0 bridgehead atoms. The molecule has 1 heterocycles. The second kappa shape index (κ2) is 8.40. The number of fused-ring (bicyclic) bond motifs is 1. The summed E-state index contributed by atoms with van der Waals surface area (Å²) >= 11 is 5.94. The van der Waals surface area contributed by atoms with Gasteiger partial charge in [-0.25, -0.2) is 5.01 Å². The summed E-state index contributed by atoms with van der Waals surface area (Å²) in [5, 5.41) is 2.13. The number of hydrazine groups is 1. The van der Waals surface area contributed by atoms with Crippen molar-refractivity contribution >= 4 is 35.1 Å². The third-order valence-corrected chi connectivity index (χ3v) is 5.62. The number of nitrogens with zero attached hydrogens (tertiary/aromatic N) is 2. The second-order valence-electron chi connectivity index (χ2n) is 7.53. The summed E-state index contributed by atoms with van der Waals surface area (Å²) in [6.45, 7) is 3.40. The molecule has 3 amide bonds. The first-order valence-electron chi connectivity index (χ1n) is 9.97. The summed E-state index contributed by atoms with van der Waals surface area (Å²) < 4.78 is 0. The molecule has 4 rings (SSSR count). The van der Waals surface area contributed by atoms with Crippen LogP contribution in [0.2, 0.25) is 5.02 Å². The molecule has 0 unspecified atom stereocenters. The number of aryl methyl sites for hydroxylation is 1. The van der Waals surface area contributed by atoms with Crippen LogP contribution >= 0.6 is 11.6 Å². The number of Topliss-reactive ketones (excluding diaryl/α,β-unsaturated/α-hetero) is 1. The van der Waals surface area contributed by atoms with Gasteiger partial charge < -0.3 is 0 Å². The Bertz CT molecular complexity index is 1200. The highest BCUT2D eigenvalue weighted by molar-refractivity contribution is 6.30. The third-order valence-electron chi connectivity index (χ3n) is 5.37. The van der Waals surface area contributed by atoms with Crippen molar-refractivity contribution < 1.29 is 19.2 Å². The molecule has 32 heavy (non-hydrogen) atoms. The number of carbonyl (C=O) groups excluding carboxylic acids is 4. The normalized spacial score (nSPS) is 13.7. The van der Waals surface area contributed by atoms with E-state index in [9.17, 15) is 19.2 Å². The third kappa shape index (κ3) is 3.69. The zero-order valence-electron chi connectivity index (χ0n) is 17.4. The van der Waals surface area contributed by atoms with Crippen LogP contribution in [0.3, 0.4) is 0 Å². The van der Waals surface area contributed by atoms with Gasteiger partial charge in [0.1, 0.15) is 6.04 Å². The van der Waals surface area contributed by atoms with Crippen LogP contribution < -0.4 is 0 Å². The van der Waals surface area contributed by atoms with Crippen LogP contribution in [-0.4, -0.2) is 39.6 Å². The predicted octanol–water partition coefficient (Wildman–Crippen LogP) is 4.57. The van der Waals surface area contributed by atoms with Crippen LogP contribution in [-0.2, 0) is 0 Å². The Hall–Kier alpha value is -3.77. The summed E-state index contributed by atoms with van der Waals surface area (Å²) in [7, 11) is 0. The molecule has 3 aromatic carbocycles. The first-order valence-corrected chi connectivity index (χ1v) is 10.3. The van der Waals surface area contributed by atoms with Crippen LogP contribution in [0.15, 0.2) is 72.8 Å². The van der Waals surface area contributed by atoms with E-state index in [0.29, 0.717) is 10.6 Å². The number of hydrogen-bond acceptors (Lipinski definition) is 4. The fourth-order valence-corrected chi connectivity index (χ4v) is 3.73. The minimum atomic E-state index is -1.12. The minimum Gasteiger partial charge on any atom is -0.292 e. The van der Waals surface area contributed by atoms with E-state index in [1.165, 1.54) is 43.3 Å². The fourth-order valence-electron chi connectivity index (χ4n) is 3.61. The van der Waals surface area contributed by atoms with E-state index < -0.39 is 29.5 Å². The molecule has 1 aliphatic heterocycles. The molecule has 6 nitrogen and oxygen atoms in total. The standard InChI is InChI=1S/C25H19ClN2O4/c1-15-7-9-17(10-8-15)22(29)16(2)27(23(30)18-11-13-19(26)14-12-18)28-24(31)20-5-3-4-6-21(20)25(28)32/h3-14,16H,1-2H3/t16-/m1/s1. The lowest BCUT2D eigenvalue weighted by Crippen LogP contribution is -2.56. The van der Waals surface area contributed by atoms with Crippen molar-refractivity contribution in [1.82, 2.24) is 10.0 Å². The maximum absolute atomic E-state index is 13.5. The van der Waals surface area contributed by atoms with Crippen LogP contribution in [0.1, 0.15) is 53.9 Å². The molecule has 0 fully saturated rings. The molecule has 7 heteroatoms. The van der Waals surface area contributed by atoms with Gasteiger partial charge in [-0.2, -0.15) is 5.01 Å². The minimum absolute atomic E-state index is 0.182. The lowest BCUT2D eigenvalue weighted by atomic mass is 10.0. The van der Waals surface area contributed by atoms with Crippen molar-refractivity contribution in [2.24, 2.45) is 0 Å². The Morgan fingerprint density at radius 2 is 1.31 bits per heavy atom. The summed E-state index contributed by atoms with van der Waals surface area (Å²) in [5.41, 5.74) is 1.90. The number of hydrogen-bond donors (Lipinski definition) is 0. The number of benzene rings is 3. The summed E-state index contributed by atoms with van der Waals surface area (Å²) in [5.74, 6) is -2.37. The second-order valence-corrected chi connectivity index (χ2v) is 7.97. The largest absolute Gasteiger partial charge is 0.292 e. The van der Waals surface area contributed by atoms with Crippen molar-refractivity contribution in [3.63, 3.8) is 0 Å². The Kier molecular flexibility index (Phi) is 5.63. The zero-order valence-corrected chi connectivity index (χ0v) is 18.2. The SMILES string of the molecule is Cc1ccc(C(=O)[C@@H](C)N(C(=O)c2ccc(Cl)cc2)N2C(=O)c3ccccc3C2=O)cc1. The molecule has 0 radical (unpaired) electrons. The van der Waals surface area contributed by atoms with E-state index in [1.807, 2.05) is 6.92 Å². The average molecular weight is 447 g/mol. The van der Waals surface area contributed by atoms with Gasteiger partial charge >= 0.3 is 0 Å². The van der Waals surface area contributed by atoms with Crippen molar-refractivity contribution in [2.45, 2.75) is 19.9 Å². The van der Waals surface area contributed by atoms with Gasteiger partial charge in [-0.1, -0.05) is 53.6 Å². The van der Waals surface area contributed by atoms with Crippen molar-refractivity contribution in [3.8, 4) is 0 Å². The van der Waals surface area contributed by atoms with E-state index in [1.54, 1.807) is 36.4 Å². The first-order chi connectivity index (χ1) is 15.3. The van der Waals surface area contributed by atoms with Gasteiger partial charge in [0.15, 0.2) is 5.78 Å². The van der Waals surface area contributed by atoms with Gasteiger partial charge in [0.25, 0.3) is 17.7 Å². The molecule has 0 N–H and O–H groups in total. The smallest absolute Gasteiger partial charge is 0.280 e. The Labute approximate surface area is 190 Å². The lowest BCUT2D eigenvalue weighted by Gasteiger charge is -2.34. The maximum atomic E-state index is 13.5. The number of amides is 3. The number of imide groups is 1. The Morgan fingerprint density at radius 1 is 0.812 bits per heavy atom. The van der Waals surface area contributed by atoms with E-state index in [-0.39, 0.29) is 16.7 Å². The van der Waals surface area contributed by atoms with Crippen LogP contribution in [0.5, 0.6) is 0 Å². The molecule has 1 atom stereocenters. The molecular formula is C25H19ClN2O4. The van der Waals surface area contributed by atoms with Gasteiger partial charge in [0.05, 0.1) is 11.1 Å². The van der Waals surface area contributed by atoms with Gasteiger partial charge in [-0.3, -0.25) is 19.2 Å². The topological polar surface area (TPSA) is 74.8 Å². The van der Waals surface area contributed by atoms with Crippen molar-refractivity contribution in [2.75, 3.05) is 0 Å². The Morgan fingerprint density at radius 3 is 1.84 bits per heavy atom. The highest BCUT2D eigenvalue weighted by atomic mass is 35.5. The molecule has 0 aromatic heterocycles. The highest BCUT2D eigenvalue weighted by Crippen LogP contribution is 2.28. The van der Waals surface area contributed by atoms with Gasteiger partial charge in [-0.15, -0.1) is 0 Å². The molecular weight excluding hydrogens is 428 g/mol. The van der Waals surface area contributed by atoms with Crippen LogP contribution in [0.4, 0.5) is 0 Å². The summed E-state index contributed by atoms with van der Waals surface area (Å²) in [6, 6.07) is 18.1. The number of ketones is 1.